The van der Waals surface area contributed by atoms with Crippen LogP contribution in [0.3, 0.4) is 0 Å². The number of ether oxygens (including phenoxy) is 1. The molecule has 1 heterocycles. The summed E-state index contributed by atoms with van der Waals surface area (Å²) in [6.45, 7) is 0. The summed E-state index contributed by atoms with van der Waals surface area (Å²) >= 11 is 0. The number of allylic oxidation sites excluding steroid dienone is 4. The van der Waals surface area contributed by atoms with E-state index in [0.717, 1.165) is 5.57 Å². The molecular formula is C36H31NO6. The van der Waals surface area contributed by atoms with E-state index >= 15 is 0 Å². The molecule has 1 saturated carbocycles. The number of carbonyl (C=O) groups is 4. The van der Waals surface area contributed by atoms with Gasteiger partial charge in [0.25, 0.3) is 0 Å². The molecule has 2 amide bonds. The summed E-state index contributed by atoms with van der Waals surface area (Å²) in [6, 6.07) is 23.4. The number of benzene rings is 3. The SMILES string of the molecule is COc1cccc(O)c1[C@H]1C2=CC[C@@H]3C(=O)N(C)C(=O)[C@@H]3[C@@H]2C[C@H]2C(=O)C(c3ccccc3)=CC(=O)[C@@]12c1ccccc1. The molecule has 7 rings (SSSR count). The molecule has 1 aliphatic heterocycles. The van der Waals surface area contributed by atoms with Crippen LogP contribution < -0.4 is 4.74 Å². The van der Waals surface area contributed by atoms with Gasteiger partial charge >= 0.3 is 0 Å². The summed E-state index contributed by atoms with van der Waals surface area (Å²) in [4.78, 5) is 57.7. The Morgan fingerprint density at radius 1 is 0.860 bits per heavy atom. The quantitative estimate of drug-likeness (QED) is 0.354. The number of amides is 2. The monoisotopic (exact) mass is 573 g/mol. The number of hydrogen-bond acceptors (Lipinski definition) is 6. The van der Waals surface area contributed by atoms with Gasteiger partial charge in [-0.05, 0) is 48.1 Å². The fraction of sp³-hybridized carbons (Fsp3) is 0.278. The lowest BCUT2D eigenvalue weighted by molar-refractivity contribution is -0.139. The van der Waals surface area contributed by atoms with Crippen LogP contribution in [0.2, 0.25) is 0 Å². The zero-order chi connectivity index (χ0) is 30.0. The molecule has 3 aliphatic carbocycles. The maximum Gasteiger partial charge on any atom is 0.233 e. The maximum atomic E-state index is 14.9. The predicted octanol–water partition coefficient (Wildman–Crippen LogP) is 4.86. The molecule has 4 aliphatic rings. The first-order chi connectivity index (χ1) is 20.8. The first kappa shape index (κ1) is 27.1. The number of carbonyl (C=O) groups excluding carboxylic acids is 4. The number of rotatable bonds is 4. The zero-order valence-corrected chi connectivity index (χ0v) is 23.9. The van der Waals surface area contributed by atoms with Crippen molar-refractivity contribution in [3.05, 3.63) is 113 Å². The molecule has 7 heteroatoms. The number of imide groups is 1. The van der Waals surface area contributed by atoms with Crippen LogP contribution in [-0.4, -0.2) is 47.5 Å². The van der Waals surface area contributed by atoms with E-state index in [-0.39, 0.29) is 35.6 Å². The van der Waals surface area contributed by atoms with Gasteiger partial charge in [-0.15, -0.1) is 0 Å². The van der Waals surface area contributed by atoms with Crippen molar-refractivity contribution in [1.29, 1.82) is 0 Å². The number of fused-ring (bicyclic) bond motifs is 4. The highest BCUT2D eigenvalue weighted by Crippen LogP contribution is 2.65. The highest BCUT2D eigenvalue weighted by molar-refractivity contribution is 6.31. The second-order valence-corrected chi connectivity index (χ2v) is 11.9. The van der Waals surface area contributed by atoms with Crippen molar-refractivity contribution in [1.82, 2.24) is 4.90 Å². The smallest absolute Gasteiger partial charge is 0.233 e. The summed E-state index contributed by atoms with van der Waals surface area (Å²) in [5.74, 6) is -3.97. The lowest BCUT2D eigenvalue weighted by Crippen LogP contribution is -2.58. The van der Waals surface area contributed by atoms with E-state index in [4.69, 9.17) is 4.74 Å². The second kappa shape index (κ2) is 9.90. The Labute approximate surface area is 249 Å². The van der Waals surface area contributed by atoms with Gasteiger partial charge < -0.3 is 9.84 Å². The van der Waals surface area contributed by atoms with E-state index in [1.54, 1.807) is 18.2 Å². The molecule has 0 spiro atoms. The van der Waals surface area contributed by atoms with E-state index in [9.17, 15) is 24.3 Å². The van der Waals surface area contributed by atoms with Gasteiger partial charge in [-0.2, -0.15) is 0 Å². The fourth-order valence-electron chi connectivity index (χ4n) is 8.35. The largest absolute Gasteiger partial charge is 0.508 e. The van der Waals surface area contributed by atoms with Crippen LogP contribution in [-0.2, 0) is 24.6 Å². The van der Waals surface area contributed by atoms with Crippen molar-refractivity contribution in [2.45, 2.75) is 24.2 Å². The second-order valence-electron chi connectivity index (χ2n) is 11.9. The average Bonchev–Trinajstić information content (AvgIpc) is 3.26. The Morgan fingerprint density at radius 3 is 2.26 bits per heavy atom. The number of ketones is 2. The molecule has 3 aromatic carbocycles. The molecule has 1 N–H and O–H groups in total. The molecular weight excluding hydrogens is 542 g/mol. The van der Waals surface area contributed by atoms with E-state index in [1.807, 2.05) is 66.7 Å². The van der Waals surface area contributed by atoms with E-state index in [1.165, 1.54) is 25.1 Å². The van der Waals surface area contributed by atoms with Gasteiger partial charge in [0.2, 0.25) is 11.8 Å². The fourth-order valence-corrected chi connectivity index (χ4v) is 8.35. The Morgan fingerprint density at radius 2 is 1.56 bits per heavy atom. The third-order valence-corrected chi connectivity index (χ3v) is 10.1. The molecule has 2 fully saturated rings. The van der Waals surface area contributed by atoms with Gasteiger partial charge in [0.15, 0.2) is 11.6 Å². The van der Waals surface area contributed by atoms with Gasteiger partial charge in [0.1, 0.15) is 11.5 Å². The van der Waals surface area contributed by atoms with Gasteiger partial charge in [-0.1, -0.05) is 78.4 Å². The number of aromatic hydroxyl groups is 1. The Hall–Kier alpha value is -4.78. The Bertz CT molecular complexity index is 1740. The lowest BCUT2D eigenvalue weighted by atomic mass is 9.44. The van der Waals surface area contributed by atoms with Crippen LogP contribution in [0.4, 0.5) is 0 Å². The van der Waals surface area contributed by atoms with E-state index < -0.39 is 35.0 Å². The molecule has 3 aromatic rings. The number of hydrogen-bond donors (Lipinski definition) is 1. The minimum absolute atomic E-state index is 0.0638. The third-order valence-electron chi connectivity index (χ3n) is 10.1. The van der Waals surface area contributed by atoms with Gasteiger partial charge in [0, 0.05) is 30.0 Å². The van der Waals surface area contributed by atoms with Crippen molar-refractivity contribution in [3.63, 3.8) is 0 Å². The molecule has 0 bridgehead atoms. The van der Waals surface area contributed by atoms with Crippen molar-refractivity contribution in [3.8, 4) is 11.5 Å². The lowest BCUT2D eigenvalue weighted by Gasteiger charge is -2.55. The van der Waals surface area contributed by atoms with Gasteiger partial charge in [0.05, 0.1) is 24.4 Å². The first-order valence-electron chi connectivity index (χ1n) is 14.6. The van der Waals surface area contributed by atoms with Crippen LogP contribution in [0.15, 0.2) is 96.6 Å². The van der Waals surface area contributed by atoms with Gasteiger partial charge in [-0.25, -0.2) is 0 Å². The standard InChI is InChI=1S/C36H31NO6/c1-37-34(41)23-17-16-22-25(30(23)35(37)42)18-26-33(40)24(20-10-5-3-6-11-20)19-29(39)36(26,21-12-7-4-8-13-21)32(22)31-27(38)14-9-15-28(31)43-2/h3-16,19,23,25-26,30,32,38H,17-18H2,1-2H3/t23-,25+,26-,30-,32+,36-/m0/s1. The number of Topliss-reactive ketones (excluding diaryl/α,β-unsaturated/α-hetero) is 1. The molecule has 0 aromatic heterocycles. The third kappa shape index (κ3) is 3.67. The van der Waals surface area contributed by atoms with Crippen LogP contribution >= 0.6 is 0 Å². The minimum Gasteiger partial charge on any atom is -0.508 e. The number of nitrogens with zero attached hydrogens (tertiary/aromatic N) is 1. The summed E-state index contributed by atoms with van der Waals surface area (Å²) in [5, 5.41) is 11.5. The topological polar surface area (TPSA) is 101 Å². The molecule has 216 valence electrons. The first-order valence-corrected chi connectivity index (χ1v) is 14.6. The van der Waals surface area contributed by atoms with Crippen LogP contribution in [0.5, 0.6) is 11.5 Å². The summed E-state index contributed by atoms with van der Waals surface area (Å²) < 4.78 is 5.79. The molecule has 0 radical (unpaired) electrons. The summed E-state index contributed by atoms with van der Waals surface area (Å²) in [6.07, 6.45) is 3.99. The highest BCUT2D eigenvalue weighted by Gasteiger charge is 2.66. The van der Waals surface area contributed by atoms with Gasteiger partial charge in [-0.3, -0.25) is 24.1 Å². The Balaban J connectivity index is 1.56. The van der Waals surface area contributed by atoms with Crippen molar-refractivity contribution < 1.29 is 29.0 Å². The Kier molecular flexibility index (Phi) is 6.24. The predicted molar refractivity (Wildman–Crippen MR) is 159 cm³/mol. The number of methoxy groups -OCH3 is 1. The highest BCUT2D eigenvalue weighted by atomic mass is 16.5. The molecule has 0 unspecified atom stereocenters. The summed E-state index contributed by atoms with van der Waals surface area (Å²) in [7, 11) is 3.01. The minimum atomic E-state index is -1.42. The van der Waals surface area contributed by atoms with Crippen molar-refractivity contribution in [2.75, 3.05) is 14.2 Å². The number of phenols is 1. The number of phenolic OH excluding ortho intramolecular Hbond substituents is 1. The van der Waals surface area contributed by atoms with Crippen molar-refractivity contribution >= 4 is 29.0 Å². The summed E-state index contributed by atoms with van der Waals surface area (Å²) in [5.41, 5.74) is 1.40. The van der Waals surface area contributed by atoms with Crippen LogP contribution in [0, 0.1) is 23.7 Å². The van der Waals surface area contributed by atoms with E-state index in [0.29, 0.717) is 34.4 Å². The molecule has 7 nitrogen and oxygen atoms in total. The molecule has 1 saturated heterocycles. The molecule has 6 atom stereocenters. The number of likely N-dealkylation sites (tertiary alicyclic amines) is 1. The van der Waals surface area contributed by atoms with Crippen LogP contribution in [0.1, 0.15) is 35.4 Å². The molecule has 43 heavy (non-hydrogen) atoms. The normalized spacial score (nSPS) is 29.8. The van der Waals surface area contributed by atoms with E-state index in [2.05, 4.69) is 0 Å². The average molecular weight is 574 g/mol. The van der Waals surface area contributed by atoms with Crippen molar-refractivity contribution in [2.24, 2.45) is 23.7 Å². The van der Waals surface area contributed by atoms with Crippen LogP contribution in [0.25, 0.3) is 5.57 Å². The zero-order valence-electron chi connectivity index (χ0n) is 23.9. The maximum absolute atomic E-state index is 14.9.